The summed E-state index contributed by atoms with van der Waals surface area (Å²) in [6, 6.07) is 13.2. The zero-order valence-electron chi connectivity index (χ0n) is 12.0. The van der Waals surface area contributed by atoms with Gasteiger partial charge in [-0.15, -0.1) is 0 Å². The highest BCUT2D eigenvalue weighted by Crippen LogP contribution is 2.17. The van der Waals surface area contributed by atoms with Crippen LogP contribution in [0.3, 0.4) is 0 Å². The lowest BCUT2D eigenvalue weighted by Crippen LogP contribution is -2.24. The van der Waals surface area contributed by atoms with Crippen molar-refractivity contribution in [1.82, 2.24) is 4.90 Å². The lowest BCUT2D eigenvalue weighted by molar-refractivity contribution is 0.100. The first-order chi connectivity index (χ1) is 9.68. The molecule has 106 valence electrons. The Balaban J connectivity index is 0.000000178. The highest BCUT2D eigenvalue weighted by atomic mass is 16.1. The summed E-state index contributed by atoms with van der Waals surface area (Å²) >= 11 is 0. The fraction of sp³-hybridized carbons (Fsp3) is 0.353. The molecule has 1 saturated heterocycles. The molecule has 1 heterocycles. The molecular weight excluding hydrogens is 248 g/mol. The minimum absolute atomic E-state index is 0.378. The number of amides is 1. The summed E-state index contributed by atoms with van der Waals surface area (Å²) < 4.78 is 0. The van der Waals surface area contributed by atoms with Crippen LogP contribution in [0.1, 0.15) is 29.6 Å². The van der Waals surface area contributed by atoms with Crippen molar-refractivity contribution >= 4 is 16.7 Å². The van der Waals surface area contributed by atoms with Crippen LogP contribution in [0.5, 0.6) is 0 Å². The van der Waals surface area contributed by atoms with Crippen molar-refractivity contribution in [3.8, 4) is 0 Å². The highest BCUT2D eigenvalue weighted by molar-refractivity contribution is 6.06. The van der Waals surface area contributed by atoms with Crippen LogP contribution in [0.15, 0.2) is 42.5 Å². The van der Waals surface area contributed by atoms with E-state index in [0.29, 0.717) is 5.56 Å². The predicted octanol–water partition coefficient (Wildman–Crippen LogP) is 3.04. The van der Waals surface area contributed by atoms with Crippen molar-refractivity contribution < 1.29 is 4.79 Å². The molecule has 2 aromatic rings. The van der Waals surface area contributed by atoms with Gasteiger partial charge in [-0.05, 0) is 49.8 Å². The van der Waals surface area contributed by atoms with Crippen LogP contribution in [0.4, 0.5) is 0 Å². The number of primary amides is 1. The van der Waals surface area contributed by atoms with E-state index in [-0.39, 0.29) is 5.91 Å². The number of piperidine rings is 1. The number of carbonyl (C=O) groups is 1. The minimum atomic E-state index is -0.378. The Bertz CT molecular complexity index is 569. The van der Waals surface area contributed by atoms with E-state index in [1.165, 1.54) is 32.4 Å². The quantitative estimate of drug-likeness (QED) is 0.865. The number of hydrogen-bond donors (Lipinski definition) is 1. The molecule has 0 aliphatic carbocycles. The Morgan fingerprint density at radius 3 is 2.25 bits per heavy atom. The van der Waals surface area contributed by atoms with E-state index in [9.17, 15) is 4.79 Å². The molecule has 0 unspecified atom stereocenters. The molecule has 3 rings (SSSR count). The third-order valence-corrected chi connectivity index (χ3v) is 3.63. The lowest BCUT2D eigenvalue weighted by Gasteiger charge is -2.20. The molecule has 20 heavy (non-hydrogen) atoms. The van der Waals surface area contributed by atoms with Gasteiger partial charge in [0.05, 0.1) is 0 Å². The first kappa shape index (κ1) is 14.5. The summed E-state index contributed by atoms with van der Waals surface area (Å²) in [7, 11) is 2.19. The van der Waals surface area contributed by atoms with Crippen LogP contribution in [-0.4, -0.2) is 30.9 Å². The van der Waals surface area contributed by atoms with Crippen LogP contribution < -0.4 is 5.73 Å². The average Bonchev–Trinajstić information content (AvgIpc) is 2.48. The summed E-state index contributed by atoms with van der Waals surface area (Å²) in [5.41, 5.74) is 5.82. The normalized spacial score (nSPS) is 15.4. The van der Waals surface area contributed by atoms with E-state index in [0.717, 1.165) is 10.8 Å². The Hall–Kier alpha value is -1.87. The maximum absolute atomic E-state index is 11.0. The minimum Gasteiger partial charge on any atom is -0.366 e. The Labute approximate surface area is 120 Å². The monoisotopic (exact) mass is 270 g/mol. The van der Waals surface area contributed by atoms with Gasteiger partial charge in [-0.25, -0.2) is 0 Å². The molecule has 2 aromatic carbocycles. The number of rotatable bonds is 1. The van der Waals surface area contributed by atoms with Crippen molar-refractivity contribution in [3.63, 3.8) is 0 Å². The van der Waals surface area contributed by atoms with Crippen LogP contribution in [0, 0.1) is 0 Å². The van der Waals surface area contributed by atoms with Gasteiger partial charge in [0, 0.05) is 5.56 Å². The van der Waals surface area contributed by atoms with Gasteiger partial charge in [0.15, 0.2) is 0 Å². The molecule has 0 saturated carbocycles. The Morgan fingerprint density at radius 2 is 1.65 bits per heavy atom. The van der Waals surface area contributed by atoms with Crippen molar-refractivity contribution in [3.05, 3.63) is 48.0 Å². The third kappa shape index (κ3) is 3.81. The molecule has 3 nitrogen and oxygen atoms in total. The molecule has 0 atom stereocenters. The first-order valence-electron chi connectivity index (χ1n) is 7.14. The number of hydrogen-bond acceptors (Lipinski definition) is 2. The second kappa shape index (κ2) is 7.06. The van der Waals surface area contributed by atoms with Crippen molar-refractivity contribution in [2.24, 2.45) is 5.73 Å². The van der Waals surface area contributed by atoms with Gasteiger partial charge < -0.3 is 10.6 Å². The largest absolute Gasteiger partial charge is 0.366 e. The van der Waals surface area contributed by atoms with E-state index < -0.39 is 0 Å². The van der Waals surface area contributed by atoms with Crippen molar-refractivity contribution in [2.75, 3.05) is 20.1 Å². The second-order valence-corrected chi connectivity index (χ2v) is 5.25. The molecule has 0 bridgehead atoms. The predicted molar refractivity (Wildman–Crippen MR) is 83.8 cm³/mol. The van der Waals surface area contributed by atoms with E-state index in [1.807, 2.05) is 36.4 Å². The van der Waals surface area contributed by atoms with Gasteiger partial charge in [0.1, 0.15) is 0 Å². The zero-order chi connectivity index (χ0) is 14.4. The van der Waals surface area contributed by atoms with Crippen LogP contribution in [0.25, 0.3) is 10.8 Å². The fourth-order valence-corrected chi connectivity index (χ4v) is 2.49. The van der Waals surface area contributed by atoms with Gasteiger partial charge in [0.25, 0.3) is 0 Å². The third-order valence-electron chi connectivity index (χ3n) is 3.63. The van der Waals surface area contributed by atoms with E-state index in [4.69, 9.17) is 5.73 Å². The molecule has 1 amide bonds. The smallest absolute Gasteiger partial charge is 0.249 e. The fourth-order valence-electron chi connectivity index (χ4n) is 2.49. The highest BCUT2D eigenvalue weighted by Gasteiger charge is 2.04. The van der Waals surface area contributed by atoms with Gasteiger partial charge in [0.2, 0.25) is 5.91 Å². The Kier molecular flexibility index (Phi) is 5.13. The number of fused-ring (bicyclic) bond motifs is 1. The summed E-state index contributed by atoms with van der Waals surface area (Å²) in [6.45, 7) is 2.64. The Morgan fingerprint density at radius 1 is 1.00 bits per heavy atom. The summed E-state index contributed by atoms with van der Waals surface area (Å²) in [5, 5.41) is 1.95. The molecule has 1 fully saturated rings. The number of likely N-dealkylation sites (tertiary alicyclic amines) is 1. The van der Waals surface area contributed by atoms with E-state index >= 15 is 0 Å². The number of benzene rings is 2. The second-order valence-electron chi connectivity index (χ2n) is 5.25. The van der Waals surface area contributed by atoms with Crippen LogP contribution in [0.2, 0.25) is 0 Å². The van der Waals surface area contributed by atoms with E-state index in [2.05, 4.69) is 11.9 Å². The molecule has 0 aromatic heterocycles. The summed E-state index contributed by atoms with van der Waals surface area (Å²) in [6.07, 6.45) is 4.28. The SMILES string of the molecule is CN1CCCCC1.NC(=O)c1cccc2ccccc12. The lowest BCUT2D eigenvalue weighted by atomic mass is 10.0. The molecular formula is C17H22N2O. The topological polar surface area (TPSA) is 46.3 Å². The van der Waals surface area contributed by atoms with Crippen LogP contribution in [-0.2, 0) is 0 Å². The molecule has 1 aliphatic heterocycles. The van der Waals surface area contributed by atoms with Gasteiger partial charge in [-0.3, -0.25) is 4.79 Å². The molecule has 2 N–H and O–H groups in total. The summed E-state index contributed by atoms with van der Waals surface area (Å²) in [5.74, 6) is -0.378. The summed E-state index contributed by atoms with van der Waals surface area (Å²) in [4.78, 5) is 13.4. The number of nitrogens with two attached hydrogens (primary N) is 1. The van der Waals surface area contributed by atoms with Gasteiger partial charge in [-0.1, -0.05) is 42.8 Å². The molecule has 0 spiro atoms. The standard InChI is InChI=1S/C11H9NO.C6H13N/c12-11(13)10-7-3-5-8-4-1-2-6-9(8)10;1-7-5-3-2-4-6-7/h1-7H,(H2,12,13);2-6H2,1H3. The molecule has 1 aliphatic rings. The van der Waals surface area contributed by atoms with Gasteiger partial charge >= 0.3 is 0 Å². The van der Waals surface area contributed by atoms with Crippen LogP contribution >= 0.6 is 0 Å². The number of nitrogens with zero attached hydrogens (tertiary/aromatic N) is 1. The molecule has 0 radical (unpaired) electrons. The average molecular weight is 270 g/mol. The maximum atomic E-state index is 11.0. The van der Waals surface area contributed by atoms with Gasteiger partial charge in [-0.2, -0.15) is 0 Å². The maximum Gasteiger partial charge on any atom is 0.249 e. The van der Waals surface area contributed by atoms with Crippen molar-refractivity contribution in [1.29, 1.82) is 0 Å². The van der Waals surface area contributed by atoms with Crippen molar-refractivity contribution in [2.45, 2.75) is 19.3 Å². The zero-order valence-corrected chi connectivity index (χ0v) is 12.0. The first-order valence-corrected chi connectivity index (χ1v) is 7.14. The van der Waals surface area contributed by atoms with E-state index in [1.54, 1.807) is 6.07 Å². The molecule has 3 heteroatoms. The number of carbonyl (C=O) groups excluding carboxylic acids is 1.